The van der Waals surface area contributed by atoms with Crippen molar-refractivity contribution >= 4 is 18.0 Å². The number of carbonyl (C=O) groups excluding carboxylic acids is 3. The smallest absolute Gasteiger partial charge is 0.407 e. The Morgan fingerprint density at radius 3 is 2.05 bits per heavy atom. The van der Waals surface area contributed by atoms with Crippen LogP contribution < -0.4 is 10.6 Å². The minimum Gasteiger partial charge on any atom is -0.508 e. The van der Waals surface area contributed by atoms with Crippen molar-refractivity contribution in [1.82, 2.24) is 10.6 Å². The third-order valence-corrected chi connectivity index (χ3v) is 6.16. The van der Waals surface area contributed by atoms with E-state index in [9.17, 15) is 19.5 Å². The van der Waals surface area contributed by atoms with Gasteiger partial charge in [-0.05, 0) is 60.7 Å². The van der Waals surface area contributed by atoms with Crippen LogP contribution in [-0.4, -0.2) is 47.9 Å². The molecule has 0 bridgehead atoms. The van der Waals surface area contributed by atoms with Crippen LogP contribution in [-0.2, 0) is 25.5 Å². The Labute approximate surface area is 222 Å². The third kappa shape index (κ3) is 6.70. The molecule has 0 saturated heterocycles. The maximum Gasteiger partial charge on any atom is 0.407 e. The second-order valence-corrected chi connectivity index (χ2v) is 10.2. The highest BCUT2D eigenvalue weighted by Crippen LogP contribution is 2.44. The predicted octanol–water partition coefficient (Wildman–Crippen LogP) is 4.30. The fraction of sp³-hybridized carbons (Fsp3) is 0.300. The molecule has 38 heavy (non-hydrogen) atoms. The fourth-order valence-corrected chi connectivity index (χ4v) is 4.52. The summed E-state index contributed by atoms with van der Waals surface area (Å²) in [5.74, 6) is -1.18. The number of benzene rings is 3. The molecule has 0 saturated carbocycles. The Bertz CT molecular complexity index is 1270. The molecular weight excluding hydrogens is 484 g/mol. The highest BCUT2D eigenvalue weighted by atomic mass is 16.6. The van der Waals surface area contributed by atoms with Gasteiger partial charge < -0.3 is 25.2 Å². The first-order valence-electron chi connectivity index (χ1n) is 12.5. The van der Waals surface area contributed by atoms with Gasteiger partial charge in [0.05, 0.1) is 0 Å². The summed E-state index contributed by atoms with van der Waals surface area (Å²) in [6, 6.07) is 21.3. The van der Waals surface area contributed by atoms with E-state index in [1.54, 1.807) is 32.9 Å². The Morgan fingerprint density at radius 2 is 1.47 bits per heavy atom. The van der Waals surface area contributed by atoms with E-state index in [4.69, 9.17) is 9.47 Å². The van der Waals surface area contributed by atoms with Gasteiger partial charge >= 0.3 is 12.1 Å². The van der Waals surface area contributed by atoms with Crippen LogP contribution >= 0.6 is 0 Å². The molecule has 198 valence electrons. The number of alkyl carbamates (subject to hydrolysis) is 1. The lowest BCUT2D eigenvalue weighted by Crippen LogP contribution is -2.49. The van der Waals surface area contributed by atoms with Crippen molar-refractivity contribution in [2.75, 3.05) is 13.2 Å². The summed E-state index contributed by atoms with van der Waals surface area (Å²) in [5, 5.41) is 14.7. The molecule has 3 aromatic carbocycles. The van der Waals surface area contributed by atoms with Crippen molar-refractivity contribution in [1.29, 1.82) is 0 Å². The van der Waals surface area contributed by atoms with Crippen molar-refractivity contribution in [3.05, 3.63) is 89.5 Å². The van der Waals surface area contributed by atoms with Gasteiger partial charge in [-0.2, -0.15) is 0 Å². The molecule has 0 fully saturated rings. The Kier molecular flexibility index (Phi) is 8.00. The Balaban J connectivity index is 1.42. The van der Waals surface area contributed by atoms with E-state index in [2.05, 4.69) is 22.8 Å². The monoisotopic (exact) mass is 516 g/mol. The lowest BCUT2D eigenvalue weighted by Gasteiger charge is -2.21. The van der Waals surface area contributed by atoms with Gasteiger partial charge in [0.1, 0.15) is 30.5 Å². The van der Waals surface area contributed by atoms with Crippen LogP contribution in [0.3, 0.4) is 0 Å². The molecule has 0 aromatic heterocycles. The maximum atomic E-state index is 13.0. The van der Waals surface area contributed by atoms with Crippen molar-refractivity contribution < 1.29 is 29.0 Å². The number of esters is 1. The number of hydrogen-bond acceptors (Lipinski definition) is 6. The van der Waals surface area contributed by atoms with E-state index in [-0.39, 0.29) is 31.2 Å². The van der Waals surface area contributed by atoms with Gasteiger partial charge in [-0.15, -0.1) is 0 Å². The second kappa shape index (κ2) is 11.4. The standard InChI is InChI=1S/C30H32N2O6/c1-30(2,3)38-27(34)17-31-28(35)26(16-19-12-14-20(33)15-13-19)32-29(36)37-18-25-23-10-6-4-8-21(23)22-9-5-7-11-24(22)25/h4-15,25-26,33H,16-18H2,1-3H3,(H,31,35)(H,32,36)/t26-/m0/s1. The summed E-state index contributed by atoms with van der Waals surface area (Å²) >= 11 is 0. The number of phenols is 1. The zero-order chi connectivity index (χ0) is 27.3. The van der Waals surface area contributed by atoms with Crippen LogP contribution in [0, 0.1) is 0 Å². The van der Waals surface area contributed by atoms with E-state index in [0.717, 1.165) is 22.3 Å². The largest absolute Gasteiger partial charge is 0.508 e. The summed E-state index contributed by atoms with van der Waals surface area (Å²) < 4.78 is 10.8. The summed E-state index contributed by atoms with van der Waals surface area (Å²) in [4.78, 5) is 37.9. The molecule has 1 atom stereocenters. The SMILES string of the molecule is CC(C)(C)OC(=O)CNC(=O)[C@H](Cc1ccc(O)cc1)NC(=O)OCC1c2ccccc2-c2ccccc21. The van der Waals surface area contributed by atoms with Gasteiger partial charge in [-0.25, -0.2) is 4.79 Å². The van der Waals surface area contributed by atoms with Gasteiger partial charge in [0.15, 0.2) is 0 Å². The zero-order valence-corrected chi connectivity index (χ0v) is 21.7. The van der Waals surface area contributed by atoms with E-state index >= 15 is 0 Å². The minimum atomic E-state index is -1.02. The number of aromatic hydroxyl groups is 1. The molecule has 3 aromatic rings. The van der Waals surface area contributed by atoms with Crippen LogP contribution in [0.2, 0.25) is 0 Å². The molecular formula is C30H32N2O6. The minimum absolute atomic E-state index is 0.0872. The predicted molar refractivity (Wildman–Crippen MR) is 143 cm³/mol. The van der Waals surface area contributed by atoms with Crippen molar-refractivity contribution in [2.24, 2.45) is 0 Å². The summed E-state index contributed by atoms with van der Waals surface area (Å²) in [6.45, 7) is 4.97. The highest BCUT2D eigenvalue weighted by Gasteiger charge is 2.30. The number of rotatable bonds is 8. The number of amides is 2. The van der Waals surface area contributed by atoms with E-state index in [1.165, 1.54) is 12.1 Å². The molecule has 1 aliphatic carbocycles. The van der Waals surface area contributed by atoms with Gasteiger partial charge in [-0.1, -0.05) is 60.7 Å². The molecule has 8 heteroatoms. The first-order valence-corrected chi connectivity index (χ1v) is 12.5. The topological polar surface area (TPSA) is 114 Å². The van der Waals surface area contributed by atoms with E-state index in [1.807, 2.05) is 36.4 Å². The third-order valence-electron chi connectivity index (χ3n) is 6.16. The van der Waals surface area contributed by atoms with E-state index in [0.29, 0.717) is 5.56 Å². The van der Waals surface area contributed by atoms with Crippen LogP contribution in [0.25, 0.3) is 11.1 Å². The molecule has 0 spiro atoms. The summed E-state index contributed by atoms with van der Waals surface area (Å²) in [7, 11) is 0. The number of fused-ring (bicyclic) bond motifs is 3. The quantitative estimate of drug-likeness (QED) is 0.385. The fourth-order valence-electron chi connectivity index (χ4n) is 4.52. The highest BCUT2D eigenvalue weighted by molar-refractivity contribution is 5.88. The van der Waals surface area contributed by atoms with Crippen molar-refractivity contribution in [3.8, 4) is 16.9 Å². The molecule has 0 heterocycles. The first kappa shape index (κ1) is 26.7. The van der Waals surface area contributed by atoms with E-state index < -0.39 is 29.6 Å². The van der Waals surface area contributed by atoms with Gasteiger partial charge in [-0.3, -0.25) is 9.59 Å². The average Bonchev–Trinajstić information content (AvgIpc) is 3.19. The number of nitrogens with one attached hydrogen (secondary N) is 2. The molecule has 3 N–H and O–H groups in total. The lowest BCUT2D eigenvalue weighted by atomic mass is 9.98. The molecule has 0 radical (unpaired) electrons. The molecule has 8 nitrogen and oxygen atoms in total. The van der Waals surface area contributed by atoms with Gasteiger partial charge in [0.2, 0.25) is 5.91 Å². The maximum absolute atomic E-state index is 13.0. The van der Waals surface area contributed by atoms with Crippen LogP contribution in [0.4, 0.5) is 4.79 Å². The Hall–Kier alpha value is -4.33. The number of hydrogen-bond donors (Lipinski definition) is 3. The molecule has 4 rings (SSSR count). The lowest BCUT2D eigenvalue weighted by molar-refractivity contribution is -0.154. The van der Waals surface area contributed by atoms with Crippen LogP contribution in [0.5, 0.6) is 5.75 Å². The van der Waals surface area contributed by atoms with Gasteiger partial charge in [0.25, 0.3) is 0 Å². The van der Waals surface area contributed by atoms with Gasteiger partial charge in [0, 0.05) is 12.3 Å². The second-order valence-electron chi connectivity index (χ2n) is 10.2. The molecule has 1 aliphatic rings. The van der Waals surface area contributed by atoms with Crippen molar-refractivity contribution in [2.45, 2.75) is 44.8 Å². The normalized spacial score (nSPS) is 13.1. The molecule has 2 amide bonds. The Morgan fingerprint density at radius 1 is 0.895 bits per heavy atom. The first-order chi connectivity index (χ1) is 18.1. The number of phenolic OH excluding ortho intramolecular Hbond substituents is 1. The number of ether oxygens (including phenoxy) is 2. The summed E-state index contributed by atoms with van der Waals surface area (Å²) in [5.41, 5.74) is 4.41. The molecule has 0 unspecified atom stereocenters. The summed E-state index contributed by atoms with van der Waals surface area (Å²) in [6.07, 6.45) is -0.618. The van der Waals surface area contributed by atoms with Crippen molar-refractivity contribution in [3.63, 3.8) is 0 Å². The zero-order valence-electron chi connectivity index (χ0n) is 21.7. The number of carbonyl (C=O) groups is 3. The van der Waals surface area contributed by atoms with Crippen LogP contribution in [0.15, 0.2) is 72.8 Å². The molecule has 0 aliphatic heterocycles. The average molecular weight is 517 g/mol. The van der Waals surface area contributed by atoms with Crippen LogP contribution in [0.1, 0.15) is 43.4 Å².